The lowest BCUT2D eigenvalue weighted by molar-refractivity contribution is 0.0955. The summed E-state index contributed by atoms with van der Waals surface area (Å²) < 4.78 is 0. The summed E-state index contributed by atoms with van der Waals surface area (Å²) in [5.41, 5.74) is 6.31. The quantitative estimate of drug-likeness (QED) is 0.674. The van der Waals surface area contributed by atoms with Crippen molar-refractivity contribution in [1.29, 1.82) is 0 Å². The third-order valence-corrected chi connectivity index (χ3v) is 4.54. The van der Waals surface area contributed by atoms with E-state index in [-0.39, 0.29) is 5.91 Å². The zero-order chi connectivity index (χ0) is 16.9. The molecule has 1 N–H and O–H groups in total. The van der Waals surface area contributed by atoms with Gasteiger partial charge in [-0.15, -0.1) is 0 Å². The highest BCUT2D eigenvalue weighted by atomic mass is 35.5. The van der Waals surface area contributed by atoms with E-state index in [2.05, 4.69) is 34.5 Å². The van der Waals surface area contributed by atoms with Gasteiger partial charge >= 0.3 is 0 Å². The van der Waals surface area contributed by atoms with Crippen molar-refractivity contribution in [3.05, 3.63) is 64.2 Å². The average molecular weight is 342 g/mol. The third-order valence-electron chi connectivity index (χ3n) is 4.21. The molecule has 0 bridgehead atoms. The molecule has 1 heterocycles. The minimum absolute atomic E-state index is 0.316. The Morgan fingerprint density at radius 1 is 1.21 bits per heavy atom. The van der Waals surface area contributed by atoms with E-state index < -0.39 is 0 Å². The lowest BCUT2D eigenvalue weighted by atomic mass is 10.1. The number of rotatable bonds is 4. The van der Waals surface area contributed by atoms with Crippen LogP contribution in [0.4, 0.5) is 5.69 Å². The fourth-order valence-electron chi connectivity index (χ4n) is 2.84. The number of anilines is 1. The average Bonchev–Trinajstić information content (AvgIpc) is 3.11. The zero-order valence-electron chi connectivity index (χ0n) is 13.6. The summed E-state index contributed by atoms with van der Waals surface area (Å²) in [6.45, 7) is 4.30. The molecule has 1 aliphatic heterocycles. The molecule has 1 fully saturated rings. The minimum Gasteiger partial charge on any atom is -0.372 e. The van der Waals surface area contributed by atoms with Crippen molar-refractivity contribution in [2.75, 3.05) is 18.0 Å². The predicted molar refractivity (Wildman–Crippen MR) is 99.1 cm³/mol. The minimum atomic E-state index is -0.316. The summed E-state index contributed by atoms with van der Waals surface area (Å²) in [7, 11) is 0. The number of halogens is 1. The number of hydrogen-bond acceptors (Lipinski definition) is 3. The molecule has 4 nitrogen and oxygen atoms in total. The second-order valence-corrected chi connectivity index (χ2v) is 6.32. The van der Waals surface area contributed by atoms with Crippen LogP contribution in [0.3, 0.4) is 0 Å². The van der Waals surface area contributed by atoms with Crippen LogP contribution in [-0.2, 0) is 0 Å². The van der Waals surface area contributed by atoms with Crippen LogP contribution in [0.5, 0.6) is 0 Å². The highest BCUT2D eigenvalue weighted by Crippen LogP contribution is 2.22. The van der Waals surface area contributed by atoms with Gasteiger partial charge in [-0.3, -0.25) is 4.79 Å². The van der Waals surface area contributed by atoms with Crippen LogP contribution in [0.15, 0.2) is 47.6 Å². The normalized spacial score (nSPS) is 14.3. The number of nitrogens with one attached hydrogen (secondary N) is 1. The first-order valence-corrected chi connectivity index (χ1v) is 8.46. The Morgan fingerprint density at radius 3 is 2.67 bits per heavy atom. The van der Waals surface area contributed by atoms with Crippen molar-refractivity contribution in [2.45, 2.75) is 19.8 Å². The number of benzene rings is 2. The van der Waals surface area contributed by atoms with Gasteiger partial charge in [0.15, 0.2) is 0 Å². The molecule has 1 saturated heterocycles. The number of carbonyl (C=O) groups excluding carboxylic acids is 1. The third kappa shape index (κ3) is 3.77. The number of carbonyl (C=O) groups is 1. The summed E-state index contributed by atoms with van der Waals surface area (Å²) in [4.78, 5) is 14.4. The van der Waals surface area contributed by atoms with Crippen molar-refractivity contribution >= 4 is 29.4 Å². The lowest BCUT2D eigenvalue weighted by Crippen LogP contribution is -2.18. The fourth-order valence-corrected chi connectivity index (χ4v) is 3.06. The molecule has 0 unspecified atom stereocenters. The first-order valence-electron chi connectivity index (χ1n) is 8.09. The molecule has 0 aliphatic carbocycles. The smallest absolute Gasteiger partial charge is 0.272 e. The maximum atomic E-state index is 12.1. The molecular formula is C19H20ClN3O. The van der Waals surface area contributed by atoms with Gasteiger partial charge in [-0.05, 0) is 55.2 Å². The van der Waals surface area contributed by atoms with E-state index in [9.17, 15) is 4.79 Å². The molecule has 0 saturated carbocycles. The molecule has 24 heavy (non-hydrogen) atoms. The molecule has 3 rings (SSSR count). The van der Waals surface area contributed by atoms with Gasteiger partial charge in [0.05, 0.1) is 16.8 Å². The predicted octanol–water partition coefficient (Wildman–Crippen LogP) is 4.01. The summed E-state index contributed by atoms with van der Waals surface area (Å²) in [6, 6.07) is 13.2. The number of nitrogens with zero attached hydrogens (tertiary/aromatic N) is 2. The topological polar surface area (TPSA) is 44.7 Å². The Morgan fingerprint density at radius 2 is 1.96 bits per heavy atom. The van der Waals surface area contributed by atoms with Gasteiger partial charge in [-0.25, -0.2) is 5.43 Å². The maximum absolute atomic E-state index is 12.1. The van der Waals surface area contributed by atoms with E-state index in [4.69, 9.17) is 11.6 Å². The largest absolute Gasteiger partial charge is 0.372 e. The first-order chi connectivity index (χ1) is 11.6. The van der Waals surface area contributed by atoms with E-state index >= 15 is 0 Å². The molecule has 124 valence electrons. The van der Waals surface area contributed by atoms with E-state index in [0.717, 1.165) is 24.2 Å². The Hall–Kier alpha value is -2.33. The Balaban J connectivity index is 1.66. The number of amides is 1. The molecular weight excluding hydrogens is 322 g/mol. The first kappa shape index (κ1) is 16.5. The highest BCUT2D eigenvalue weighted by molar-refractivity contribution is 6.33. The molecule has 1 aliphatic rings. The van der Waals surface area contributed by atoms with Crippen LogP contribution in [0, 0.1) is 6.92 Å². The second kappa shape index (κ2) is 7.49. The highest BCUT2D eigenvalue weighted by Gasteiger charge is 2.12. The number of hydrogen-bond donors (Lipinski definition) is 1. The van der Waals surface area contributed by atoms with E-state index in [0.29, 0.717) is 10.6 Å². The van der Waals surface area contributed by atoms with Crippen molar-refractivity contribution < 1.29 is 4.79 Å². The number of hydrazone groups is 1. The molecule has 2 aromatic carbocycles. The molecule has 0 atom stereocenters. The van der Waals surface area contributed by atoms with Gasteiger partial charge in [0.25, 0.3) is 5.91 Å². The SMILES string of the molecule is Cc1cc(N2CCCC2)ccc1C=NNC(=O)c1ccccc1Cl. The molecule has 0 aromatic heterocycles. The van der Waals surface area contributed by atoms with E-state index in [1.807, 2.05) is 6.07 Å². The van der Waals surface area contributed by atoms with Crippen molar-refractivity contribution in [3.63, 3.8) is 0 Å². The van der Waals surface area contributed by atoms with E-state index in [1.54, 1.807) is 30.5 Å². The van der Waals surface area contributed by atoms with Gasteiger partial charge in [0.1, 0.15) is 0 Å². The van der Waals surface area contributed by atoms with Crippen LogP contribution >= 0.6 is 11.6 Å². The van der Waals surface area contributed by atoms with Gasteiger partial charge < -0.3 is 4.90 Å². The standard InChI is InChI=1S/C19H20ClN3O/c1-14-12-16(23-10-4-5-11-23)9-8-15(14)13-21-22-19(24)17-6-2-3-7-18(17)20/h2-3,6-9,12-13H,4-5,10-11H2,1H3,(H,22,24). The van der Waals surface area contributed by atoms with E-state index in [1.165, 1.54) is 18.5 Å². The molecule has 0 spiro atoms. The summed E-state index contributed by atoms with van der Waals surface area (Å²) in [5.74, 6) is -0.316. The molecule has 1 amide bonds. The van der Waals surface area contributed by atoms with Gasteiger partial charge in [-0.2, -0.15) is 5.10 Å². The monoisotopic (exact) mass is 341 g/mol. The summed E-state index contributed by atoms with van der Waals surface area (Å²) in [6.07, 6.45) is 4.19. The maximum Gasteiger partial charge on any atom is 0.272 e. The summed E-state index contributed by atoms with van der Waals surface area (Å²) >= 11 is 6.00. The Kier molecular flexibility index (Phi) is 5.16. The molecule has 2 aromatic rings. The van der Waals surface area contributed by atoms with Gasteiger partial charge in [0, 0.05) is 18.8 Å². The molecule has 0 radical (unpaired) electrons. The Labute approximate surface area is 147 Å². The lowest BCUT2D eigenvalue weighted by Gasteiger charge is -2.18. The van der Waals surface area contributed by atoms with Gasteiger partial charge in [0.2, 0.25) is 0 Å². The zero-order valence-corrected chi connectivity index (χ0v) is 14.4. The van der Waals surface area contributed by atoms with Crippen molar-refractivity contribution in [1.82, 2.24) is 5.43 Å². The van der Waals surface area contributed by atoms with Crippen LogP contribution in [0.25, 0.3) is 0 Å². The van der Waals surface area contributed by atoms with Gasteiger partial charge in [-0.1, -0.05) is 29.8 Å². The Bertz CT molecular complexity index is 767. The van der Waals surface area contributed by atoms with Crippen LogP contribution in [0.1, 0.15) is 34.3 Å². The summed E-state index contributed by atoms with van der Waals surface area (Å²) in [5, 5.41) is 4.46. The number of aryl methyl sites for hydroxylation is 1. The fraction of sp³-hybridized carbons (Fsp3) is 0.263. The van der Waals surface area contributed by atoms with Crippen LogP contribution in [-0.4, -0.2) is 25.2 Å². The van der Waals surface area contributed by atoms with Crippen LogP contribution in [0.2, 0.25) is 5.02 Å². The molecule has 5 heteroatoms. The van der Waals surface area contributed by atoms with Crippen LogP contribution < -0.4 is 10.3 Å². The van der Waals surface area contributed by atoms with Crippen molar-refractivity contribution in [2.24, 2.45) is 5.10 Å². The second-order valence-electron chi connectivity index (χ2n) is 5.91. The van der Waals surface area contributed by atoms with Crippen molar-refractivity contribution in [3.8, 4) is 0 Å².